The molecule has 0 atom stereocenters. The Balaban J connectivity index is 2.74. The number of aliphatic hydroxyl groups is 1. The molecule has 0 bridgehead atoms. The van der Waals surface area contributed by atoms with Crippen LogP contribution in [0.5, 0.6) is 0 Å². The van der Waals surface area contributed by atoms with Crippen molar-refractivity contribution in [2.24, 2.45) is 11.8 Å². The van der Waals surface area contributed by atoms with Gasteiger partial charge in [-0.25, -0.2) is 0 Å². The van der Waals surface area contributed by atoms with Gasteiger partial charge < -0.3 is 14.6 Å². The van der Waals surface area contributed by atoms with Crippen molar-refractivity contribution in [1.82, 2.24) is 0 Å². The molecular weight excluding hydrogens is 192 g/mol. The Bertz CT molecular complexity index is 221. The molecule has 0 amide bonds. The minimum Gasteiger partial charge on any atom is -0.461 e. The molecule has 88 valence electrons. The molecule has 1 aliphatic rings. The van der Waals surface area contributed by atoms with Crippen LogP contribution in [0, 0.1) is 11.8 Å². The quantitative estimate of drug-likeness (QED) is 0.764. The van der Waals surface area contributed by atoms with Crippen LogP contribution in [0.3, 0.4) is 0 Å². The summed E-state index contributed by atoms with van der Waals surface area (Å²) in [5.41, 5.74) is -0.862. The summed E-state index contributed by atoms with van der Waals surface area (Å²) in [4.78, 5) is 0. The van der Waals surface area contributed by atoms with E-state index in [9.17, 15) is 5.11 Å². The number of hydrogen-bond acceptors (Lipinski definition) is 3. The molecule has 1 rings (SSSR count). The molecule has 0 spiro atoms. The third-order valence-electron chi connectivity index (χ3n) is 2.42. The molecule has 0 radical (unpaired) electrons. The summed E-state index contributed by atoms with van der Waals surface area (Å²) in [7, 11) is 0. The van der Waals surface area contributed by atoms with E-state index in [2.05, 4.69) is 27.7 Å². The first-order valence-electron chi connectivity index (χ1n) is 5.61. The number of rotatable bonds is 5. The lowest BCUT2D eigenvalue weighted by atomic mass is 9.84. The lowest BCUT2D eigenvalue weighted by Gasteiger charge is -2.30. The van der Waals surface area contributed by atoms with Crippen LogP contribution in [0.4, 0.5) is 0 Å². The predicted octanol–water partition coefficient (Wildman–Crippen LogP) is 2.66. The van der Waals surface area contributed by atoms with Crippen molar-refractivity contribution >= 4 is 0 Å². The van der Waals surface area contributed by atoms with Crippen molar-refractivity contribution in [3.63, 3.8) is 0 Å². The number of hydrogen-bond donors (Lipinski definition) is 1. The van der Waals surface area contributed by atoms with Crippen LogP contribution in [0.25, 0.3) is 0 Å². The minimum absolute atomic E-state index is 0.230. The third kappa shape index (κ3) is 3.42. The topological polar surface area (TPSA) is 38.7 Å². The van der Waals surface area contributed by atoms with Gasteiger partial charge in [-0.2, -0.15) is 0 Å². The second kappa shape index (κ2) is 4.88. The summed E-state index contributed by atoms with van der Waals surface area (Å²) in [6, 6.07) is 0. The molecule has 0 aromatic rings. The summed E-state index contributed by atoms with van der Waals surface area (Å²) in [6.45, 7) is 8.63. The summed E-state index contributed by atoms with van der Waals surface area (Å²) >= 11 is 0. The SMILES string of the molecule is CC(C)CC(O)(CC(C)C)C1=COCO1. The second-order valence-corrected chi connectivity index (χ2v) is 5.14. The van der Waals surface area contributed by atoms with Gasteiger partial charge in [-0.15, -0.1) is 0 Å². The van der Waals surface area contributed by atoms with E-state index in [-0.39, 0.29) is 6.79 Å². The first-order chi connectivity index (χ1) is 6.94. The highest BCUT2D eigenvalue weighted by molar-refractivity contribution is 5.10. The Hall–Kier alpha value is -0.700. The molecule has 15 heavy (non-hydrogen) atoms. The van der Waals surface area contributed by atoms with Gasteiger partial charge in [-0.3, -0.25) is 0 Å². The van der Waals surface area contributed by atoms with E-state index in [1.807, 2.05) is 0 Å². The molecule has 0 aromatic carbocycles. The average Bonchev–Trinajstić information content (AvgIpc) is 2.51. The first kappa shape index (κ1) is 12.4. The molecule has 0 aromatic heterocycles. The third-order valence-corrected chi connectivity index (χ3v) is 2.42. The van der Waals surface area contributed by atoms with Crippen LogP contribution in [0.15, 0.2) is 12.0 Å². The van der Waals surface area contributed by atoms with Crippen molar-refractivity contribution in [2.45, 2.75) is 46.1 Å². The van der Waals surface area contributed by atoms with Crippen molar-refractivity contribution in [1.29, 1.82) is 0 Å². The van der Waals surface area contributed by atoms with E-state index < -0.39 is 5.60 Å². The zero-order chi connectivity index (χ0) is 11.5. The van der Waals surface area contributed by atoms with E-state index in [1.54, 1.807) is 6.26 Å². The van der Waals surface area contributed by atoms with Crippen LogP contribution in [0.2, 0.25) is 0 Å². The Kier molecular flexibility index (Phi) is 4.03. The van der Waals surface area contributed by atoms with Gasteiger partial charge in [0.25, 0.3) is 0 Å². The average molecular weight is 214 g/mol. The Morgan fingerprint density at radius 3 is 2.13 bits per heavy atom. The normalized spacial score (nSPS) is 16.6. The smallest absolute Gasteiger partial charge is 0.230 e. The van der Waals surface area contributed by atoms with Gasteiger partial charge in [0.05, 0.1) is 0 Å². The standard InChI is InChI=1S/C12H22O3/c1-9(2)5-12(13,6-10(3)4)11-7-14-8-15-11/h7,9-10,13H,5-6,8H2,1-4H3. The van der Waals surface area contributed by atoms with Crippen LogP contribution >= 0.6 is 0 Å². The van der Waals surface area contributed by atoms with Gasteiger partial charge >= 0.3 is 0 Å². The molecule has 1 heterocycles. The van der Waals surface area contributed by atoms with Gasteiger partial charge in [0, 0.05) is 0 Å². The Morgan fingerprint density at radius 1 is 1.27 bits per heavy atom. The summed E-state index contributed by atoms with van der Waals surface area (Å²) in [5, 5.41) is 10.6. The van der Waals surface area contributed by atoms with Gasteiger partial charge in [0.15, 0.2) is 5.76 Å². The largest absolute Gasteiger partial charge is 0.461 e. The van der Waals surface area contributed by atoms with Crippen LogP contribution in [-0.4, -0.2) is 17.5 Å². The van der Waals surface area contributed by atoms with Gasteiger partial charge in [0.2, 0.25) is 6.79 Å². The van der Waals surface area contributed by atoms with Gasteiger partial charge in [-0.05, 0) is 24.7 Å². The predicted molar refractivity (Wildman–Crippen MR) is 59.0 cm³/mol. The fourth-order valence-electron chi connectivity index (χ4n) is 2.12. The molecular formula is C12H22O3. The molecule has 3 heteroatoms. The first-order valence-corrected chi connectivity index (χ1v) is 5.61. The fourth-order valence-corrected chi connectivity index (χ4v) is 2.12. The molecule has 0 fully saturated rings. The van der Waals surface area contributed by atoms with Crippen molar-refractivity contribution in [2.75, 3.05) is 6.79 Å². The highest BCUT2D eigenvalue weighted by Gasteiger charge is 2.37. The molecule has 0 aliphatic carbocycles. The highest BCUT2D eigenvalue weighted by Crippen LogP contribution is 2.34. The monoisotopic (exact) mass is 214 g/mol. The zero-order valence-electron chi connectivity index (χ0n) is 10.1. The number of ether oxygens (including phenoxy) is 2. The van der Waals surface area contributed by atoms with Crippen molar-refractivity contribution in [3.05, 3.63) is 12.0 Å². The summed E-state index contributed by atoms with van der Waals surface area (Å²) in [5.74, 6) is 1.45. The molecule has 0 saturated heterocycles. The van der Waals surface area contributed by atoms with Crippen molar-refractivity contribution in [3.8, 4) is 0 Å². The van der Waals surface area contributed by atoms with E-state index in [0.29, 0.717) is 30.4 Å². The van der Waals surface area contributed by atoms with Gasteiger partial charge in [0.1, 0.15) is 11.9 Å². The van der Waals surface area contributed by atoms with E-state index in [0.717, 1.165) is 0 Å². The summed E-state index contributed by atoms with van der Waals surface area (Å²) in [6.07, 6.45) is 2.96. The van der Waals surface area contributed by atoms with Crippen LogP contribution in [-0.2, 0) is 9.47 Å². The second-order valence-electron chi connectivity index (χ2n) is 5.14. The summed E-state index contributed by atoms with van der Waals surface area (Å²) < 4.78 is 10.3. The lowest BCUT2D eigenvalue weighted by Crippen LogP contribution is -2.35. The van der Waals surface area contributed by atoms with E-state index in [4.69, 9.17) is 9.47 Å². The maximum Gasteiger partial charge on any atom is 0.230 e. The Morgan fingerprint density at radius 2 is 1.80 bits per heavy atom. The molecule has 0 unspecified atom stereocenters. The zero-order valence-corrected chi connectivity index (χ0v) is 10.1. The van der Waals surface area contributed by atoms with E-state index in [1.165, 1.54) is 0 Å². The fraction of sp³-hybridized carbons (Fsp3) is 0.833. The highest BCUT2D eigenvalue weighted by atomic mass is 16.7. The van der Waals surface area contributed by atoms with Crippen molar-refractivity contribution < 1.29 is 14.6 Å². The molecule has 3 nitrogen and oxygen atoms in total. The lowest BCUT2D eigenvalue weighted by molar-refractivity contribution is -0.0272. The maximum atomic E-state index is 10.6. The molecule has 1 N–H and O–H groups in total. The van der Waals surface area contributed by atoms with E-state index >= 15 is 0 Å². The van der Waals surface area contributed by atoms with Crippen LogP contribution < -0.4 is 0 Å². The van der Waals surface area contributed by atoms with Gasteiger partial charge in [-0.1, -0.05) is 27.7 Å². The van der Waals surface area contributed by atoms with Crippen LogP contribution in [0.1, 0.15) is 40.5 Å². The minimum atomic E-state index is -0.862. The maximum absolute atomic E-state index is 10.6. The molecule has 0 saturated carbocycles. The molecule has 1 aliphatic heterocycles. The Labute approximate surface area is 92.1 Å².